The Hall–Kier alpha value is -1.99. The Morgan fingerprint density at radius 2 is 2.05 bits per heavy atom. The van der Waals surface area contributed by atoms with Gasteiger partial charge in [-0.25, -0.2) is 4.39 Å². The van der Waals surface area contributed by atoms with Crippen molar-refractivity contribution in [3.8, 4) is 11.5 Å². The second-order valence-corrected chi connectivity index (χ2v) is 4.84. The van der Waals surface area contributed by atoms with Crippen LogP contribution in [0.1, 0.15) is 5.56 Å². The molecule has 0 spiro atoms. The maximum Gasteiger partial charge on any atom is 0.311 e. The summed E-state index contributed by atoms with van der Waals surface area (Å²) in [5.41, 5.74) is 0.0985. The normalized spacial score (nSPS) is 10.3. The molecule has 0 atom stereocenters. The van der Waals surface area contributed by atoms with Gasteiger partial charge in [0.15, 0.2) is 0 Å². The molecule has 0 radical (unpaired) electrons. The van der Waals surface area contributed by atoms with E-state index in [0.717, 1.165) is 6.07 Å². The second-order valence-electron chi connectivity index (χ2n) is 3.92. The monoisotopic (exact) mass is 341 g/mol. The van der Waals surface area contributed by atoms with Crippen molar-refractivity contribution in [2.45, 2.75) is 6.61 Å². The quantitative estimate of drug-likeness (QED) is 0.678. The number of nitro groups is 1. The van der Waals surface area contributed by atoms with Gasteiger partial charge < -0.3 is 9.84 Å². The first-order valence-corrected chi connectivity index (χ1v) is 6.31. The lowest BCUT2D eigenvalue weighted by Gasteiger charge is -2.08. The molecule has 7 heteroatoms. The van der Waals surface area contributed by atoms with Crippen molar-refractivity contribution in [1.29, 1.82) is 0 Å². The number of nitro benzene ring substituents is 1. The smallest absolute Gasteiger partial charge is 0.311 e. The van der Waals surface area contributed by atoms with Crippen LogP contribution in [0.15, 0.2) is 40.9 Å². The summed E-state index contributed by atoms with van der Waals surface area (Å²) < 4.78 is 19.0. The molecule has 0 unspecified atom stereocenters. The summed E-state index contributed by atoms with van der Waals surface area (Å²) in [5.74, 6) is -0.412. The fraction of sp³-hybridized carbons (Fsp3) is 0.0769. The third kappa shape index (κ3) is 3.31. The van der Waals surface area contributed by atoms with Crippen molar-refractivity contribution >= 4 is 21.6 Å². The molecule has 20 heavy (non-hydrogen) atoms. The van der Waals surface area contributed by atoms with Crippen LogP contribution in [0, 0.1) is 15.9 Å². The van der Waals surface area contributed by atoms with Crippen LogP contribution in [0.5, 0.6) is 11.5 Å². The van der Waals surface area contributed by atoms with E-state index < -0.39 is 10.7 Å². The first-order valence-electron chi connectivity index (χ1n) is 5.51. The zero-order valence-electron chi connectivity index (χ0n) is 10.0. The van der Waals surface area contributed by atoms with Gasteiger partial charge >= 0.3 is 5.69 Å². The summed E-state index contributed by atoms with van der Waals surface area (Å²) in [6.45, 7) is -0.313. The van der Waals surface area contributed by atoms with Crippen LogP contribution in [0.4, 0.5) is 10.1 Å². The molecular formula is C13H9BrFNO4. The number of aliphatic hydroxyl groups is 1. The Morgan fingerprint density at radius 3 is 2.65 bits per heavy atom. The van der Waals surface area contributed by atoms with Crippen LogP contribution in [-0.4, -0.2) is 10.0 Å². The molecule has 2 rings (SSSR count). The van der Waals surface area contributed by atoms with Crippen LogP contribution in [-0.2, 0) is 6.61 Å². The van der Waals surface area contributed by atoms with Crippen LogP contribution in [0.2, 0.25) is 0 Å². The lowest BCUT2D eigenvalue weighted by Crippen LogP contribution is -1.96. The molecule has 2 aromatic rings. The molecule has 0 saturated heterocycles. The molecule has 0 aromatic heterocycles. The molecule has 0 amide bonds. The third-order valence-corrected chi connectivity index (χ3v) is 2.92. The molecule has 0 bridgehead atoms. The fourth-order valence-electron chi connectivity index (χ4n) is 1.60. The average molecular weight is 342 g/mol. The molecule has 0 aliphatic carbocycles. The molecule has 0 heterocycles. The maximum absolute atomic E-state index is 13.2. The van der Waals surface area contributed by atoms with E-state index in [2.05, 4.69) is 15.9 Å². The summed E-state index contributed by atoms with van der Waals surface area (Å²) in [4.78, 5) is 10.4. The molecule has 2 aromatic carbocycles. The highest BCUT2D eigenvalue weighted by Crippen LogP contribution is 2.33. The molecule has 104 valence electrons. The van der Waals surface area contributed by atoms with E-state index in [1.807, 2.05) is 0 Å². The second kappa shape index (κ2) is 5.98. The first-order chi connectivity index (χ1) is 9.49. The molecule has 0 saturated carbocycles. The summed E-state index contributed by atoms with van der Waals surface area (Å²) in [5, 5.41) is 20.0. The minimum Gasteiger partial charge on any atom is -0.450 e. The standard InChI is InChI=1S/C13H9BrFNO4/c14-9-4-10(15)6-11(5-9)20-13-2-1-8(7-17)3-12(13)16(18)19/h1-6,17H,7H2. The van der Waals surface area contributed by atoms with E-state index in [0.29, 0.717) is 10.0 Å². The van der Waals surface area contributed by atoms with Gasteiger partial charge in [-0.15, -0.1) is 0 Å². The van der Waals surface area contributed by atoms with Crippen molar-refractivity contribution < 1.29 is 19.2 Å². The van der Waals surface area contributed by atoms with E-state index in [1.165, 1.54) is 30.3 Å². The Bertz CT molecular complexity index is 643. The van der Waals surface area contributed by atoms with E-state index in [1.54, 1.807) is 0 Å². The van der Waals surface area contributed by atoms with Crippen molar-refractivity contribution in [3.63, 3.8) is 0 Å². The van der Waals surface area contributed by atoms with Crippen LogP contribution in [0.25, 0.3) is 0 Å². The fourth-order valence-corrected chi connectivity index (χ4v) is 2.05. The minimum atomic E-state index is -0.622. The van der Waals surface area contributed by atoms with E-state index in [4.69, 9.17) is 9.84 Å². The van der Waals surface area contributed by atoms with Crippen molar-refractivity contribution in [2.75, 3.05) is 0 Å². The SMILES string of the molecule is O=[N+]([O-])c1cc(CO)ccc1Oc1cc(F)cc(Br)c1. The molecule has 0 aliphatic heterocycles. The predicted molar refractivity (Wildman–Crippen MR) is 73.2 cm³/mol. The number of halogens is 2. The minimum absolute atomic E-state index is 0.0234. The average Bonchev–Trinajstić information content (AvgIpc) is 2.37. The van der Waals surface area contributed by atoms with Gasteiger partial charge in [-0.2, -0.15) is 0 Å². The summed E-state index contributed by atoms with van der Waals surface area (Å²) in [6, 6.07) is 7.93. The van der Waals surface area contributed by atoms with Gasteiger partial charge in [-0.05, 0) is 23.8 Å². The van der Waals surface area contributed by atoms with Gasteiger partial charge in [-0.3, -0.25) is 10.1 Å². The van der Waals surface area contributed by atoms with Crippen molar-refractivity contribution in [2.24, 2.45) is 0 Å². The Morgan fingerprint density at radius 1 is 1.30 bits per heavy atom. The third-order valence-electron chi connectivity index (χ3n) is 2.47. The van der Waals surface area contributed by atoms with E-state index in [9.17, 15) is 14.5 Å². The van der Waals surface area contributed by atoms with Crippen molar-refractivity contribution in [1.82, 2.24) is 0 Å². The van der Waals surface area contributed by atoms with Gasteiger partial charge in [0.25, 0.3) is 0 Å². The van der Waals surface area contributed by atoms with Gasteiger partial charge in [0.1, 0.15) is 11.6 Å². The predicted octanol–water partition coefficient (Wildman–Crippen LogP) is 3.78. The maximum atomic E-state index is 13.2. The van der Waals surface area contributed by atoms with Gasteiger partial charge in [-0.1, -0.05) is 22.0 Å². The van der Waals surface area contributed by atoms with E-state index in [-0.39, 0.29) is 23.8 Å². The number of rotatable bonds is 4. The molecule has 0 aliphatic rings. The number of nitrogens with zero attached hydrogens (tertiary/aromatic N) is 1. The van der Waals surface area contributed by atoms with E-state index >= 15 is 0 Å². The number of hydrogen-bond acceptors (Lipinski definition) is 4. The molecule has 5 nitrogen and oxygen atoms in total. The zero-order chi connectivity index (χ0) is 14.7. The Kier molecular flexibility index (Phi) is 4.31. The molecular weight excluding hydrogens is 333 g/mol. The number of aliphatic hydroxyl groups excluding tert-OH is 1. The highest BCUT2D eigenvalue weighted by molar-refractivity contribution is 9.10. The number of ether oxygens (including phenoxy) is 1. The number of hydrogen-bond donors (Lipinski definition) is 1. The van der Waals surface area contributed by atoms with Gasteiger partial charge in [0, 0.05) is 16.6 Å². The zero-order valence-corrected chi connectivity index (χ0v) is 11.6. The van der Waals surface area contributed by atoms with Crippen LogP contribution < -0.4 is 4.74 Å². The first kappa shape index (κ1) is 14.4. The van der Waals surface area contributed by atoms with Crippen molar-refractivity contribution in [3.05, 3.63) is 62.4 Å². The van der Waals surface area contributed by atoms with Gasteiger partial charge in [0.05, 0.1) is 11.5 Å². The largest absolute Gasteiger partial charge is 0.450 e. The highest BCUT2D eigenvalue weighted by atomic mass is 79.9. The van der Waals surface area contributed by atoms with Gasteiger partial charge in [0.2, 0.25) is 5.75 Å². The molecule has 0 fully saturated rings. The Labute approximate surface area is 121 Å². The lowest BCUT2D eigenvalue weighted by molar-refractivity contribution is -0.385. The molecule has 1 N–H and O–H groups in total. The Balaban J connectivity index is 2.39. The lowest BCUT2D eigenvalue weighted by atomic mass is 10.2. The highest BCUT2D eigenvalue weighted by Gasteiger charge is 2.17. The topological polar surface area (TPSA) is 72.6 Å². The number of benzene rings is 2. The summed E-state index contributed by atoms with van der Waals surface area (Å²) in [7, 11) is 0. The van der Waals surface area contributed by atoms with Crippen LogP contribution in [0.3, 0.4) is 0 Å². The summed E-state index contributed by atoms with van der Waals surface area (Å²) >= 11 is 3.11. The summed E-state index contributed by atoms with van der Waals surface area (Å²) in [6.07, 6.45) is 0. The van der Waals surface area contributed by atoms with Crippen LogP contribution >= 0.6 is 15.9 Å².